The van der Waals surface area contributed by atoms with Crippen LogP contribution in [0.2, 0.25) is 0 Å². The molecule has 3 aromatic rings. The quantitative estimate of drug-likeness (QED) is 0.535. The van der Waals surface area contributed by atoms with Crippen molar-refractivity contribution in [1.82, 2.24) is 0 Å². The molecular formula is C25H24N2O3S. The Morgan fingerprint density at radius 2 is 1.77 bits per heavy atom. The van der Waals surface area contributed by atoms with Gasteiger partial charge in [0.15, 0.2) is 0 Å². The van der Waals surface area contributed by atoms with E-state index in [2.05, 4.69) is 34.3 Å². The van der Waals surface area contributed by atoms with E-state index in [4.69, 9.17) is 4.74 Å². The number of fused-ring (bicyclic) bond motifs is 3. The van der Waals surface area contributed by atoms with Crippen LogP contribution in [0.3, 0.4) is 0 Å². The Hall–Kier alpha value is -3.25. The normalized spacial score (nSPS) is 21.6. The van der Waals surface area contributed by atoms with Crippen LogP contribution in [0.25, 0.3) is 0 Å². The highest BCUT2D eigenvalue weighted by molar-refractivity contribution is 7.92. The monoisotopic (exact) mass is 432 g/mol. The van der Waals surface area contributed by atoms with Gasteiger partial charge in [0.25, 0.3) is 10.0 Å². The smallest absolute Gasteiger partial charge is 0.261 e. The molecule has 3 aromatic carbocycles. The molecule has 0 bridgehead atoms. The zero-order chi connectivity index (χ0) is 21.4. The predicted octanol–water partition coefficient (Wildman–Crippen LogP) is 5.32. The van der Waals surface area contributed by atoms with Crippen molar-refractivity contribution in [3.63, 3.8) is 0 Å². The molecule has 0 amide bonds. The molecule has 0 radical (unpaired) electrons. The average Bonchev–Trinajstić information content (AvgIpc) is 3.29. The fourth-order valence-electron chi connectivity index (χ4n) is 4.60. The van der Waals surface area contributed by atoms with Gasteiger partial charge >= 0.3 is 0 Å². The van der Waals surface area contributed by atoms with Crippen LogP contribution in [0.4, 0.5) is 11.4 Å². The molecule has 0 aromatic heterocycles. The third-order valence-corrected chi connectivity index (χ3v) is 7.52. The molecule has 5 nitrogen and oxygen atoms in total. The number of rotatable bonds is 5. The molecule has 2 N–H and O–H groups in total. The third-order valence-electron chi connectivity index (χ3n) is 6.15. The molecule has 1 aliphatic carbocycles. The second kappa shape index (κ2) is 7.78. The van der Waals surface area contributed by atoms with Gasteiger partial charge in [0.05, 0.1) is 18.0 Å². The maximum absolute atomic E-state index is 13.0. The van der Waals surface area contributed by atoms with Crippen molar-refractivity contribution in [3.05, 3.63) is 96.1 Å². The maximum atomic E-state index is 13.0. The van der Waals surface area contributed by atoms with E-state index in [1.165, 1.54) is 5.56 Å². The summed E-state index contributed by atoms with van der Waals surface area (Å²) in [5.74, 6) is 1.35. The van der Waals surface area contributed by atoms with Gasteiger partial charge in [-0.15, -0.1) is 0 Å². The van der Waals surface area contributed by atoms with E-state index in [0.29, 0.717) is 11.6 Å². The van der Waals surface area contributed by atoms with Crippen molar-refractivity contribution in [1.29, 1.82) is 0 Å². The Balaban J connectivity index is 1.48. The minimum atomic E-state index is -3.66. The summed E-state index contributed by atoms with van der Waals surface area (Å²) in [7, 11) is -2.00. The predicted molar refractivity (Wildman–Crippen MR) is 123 cm³/mol. The SMILES string of the molecule is COc1ccc(C2Nc3ccc(S(=O)(=O)Nc4ccccc4)cc3C3C=CCC32)cc1. The van der Waals surface area contributed by atoms with Gasteiger partial charge in [-0.3, -0.25) is 4.72 Å². The lowest BCUT2D eigenvalue weighted by Gasteiger charge is -2.37. The van der Waals surface area contributed by atoms with Gasteiger partial charge in [-0.1, -0.05) is 42.5 Å². The molecule has 0 saturated heterocycles. The largest absolute Gasteiger partial charge is 0.497 e. The Bertz CT molecular complexity index is 1220. The molecule has 31 heavy (non-hydrogen) atoms. The Morgan fingerprint density at radius 3 is 2.52 bits per heavy atom. The van der Waals surface area contributed by atoms with E-state index in [1.807, 2.05) is 42.5 Å². The van der Waals surface area contributed by atoms with E-state index in [-0.39, 0.29) is 16.9 Å². The Morgan fingerprint density at radius 1 is 1.00 bits per heavy atom. The van der Waals surface area contributed by atoms with E-state index >= 15 is 0 Å². The first-order valence-corrected chi connectivity index (χ1v) is 11.8. The third kappa shape index (κ3) is 3.68. The number of ether oxygens (including phenoxy) is 1. The highest BCUT2D eigenvalue weighted by atomic mass is 32.2. The standard InChI is InChI=1S/C25H24N2O3S/c1-30-19-12-10-17(11-13-19)25-22-9-5-8-21(22)23-16-20(14-15-24(23)26-25)31(28,29)27-18-6-3-2-4-7-18/h2-8,10-16,21-22,25-27H,9H2,1H3. The number of para-hydroxylation sites is 1. The average molecular weight is 433 g/mol. The van der Waals surface area contributed by atoms with Crippen molar-refractivity contribution < 1.29 is 13.2 Å². The lowest BCUT2D eigenvalue weighted by Crippen LogP contribution is -2.29. The maximum Gasteiger partial charge on any atom is 0.261 e. The lowest BCUT2D eigenvalue weighted by molar-refractivity contribution is 0.411. The molecule has 0 saturated carbocycles. The molecule has 3 unspecified atom stereocenters. The highest BCUT2D eigenvalue weighted by Gasteiger charge is 2.38. The van der Waals surface area contributed by atoms with Crippen LogP contribution in [0.15, 0.2) is 89.8 Å². The first-order chi connectivity index (χ1) is 15.0. The van der Waals surface area contributed by atoms with Crippen LogP contribution in [0.5, 0.6) is 5.75 Å². The van der Waals surface area contributed by atoms with Gasteiger partial charge in [-0.2, -0.15) is 0 Å². The number of sulfonamides is 1. The fourth-order valence-corrected chi connectivity index (χ4v) is 5.69. The molecule has 1 heterocycles. The number of hydrogen-bond donors (Lipinski definition) is 2. The lowest BCUT2D eigenvalue weighted by atomic mass is 9.77. The summed E-state index contributed by atoms with van der Waals surface area (Å²) in [6, 6.07) is 22.6. The fraction of sp³-hybridized carbons (Fsp3) is 0.200. The van der Waals surface area contributed by atoms with Crippen LogP contribution in [0.1, 0.15) is 29.5 Å². The van der Waals surface area contributed by atoms with Crippen LogP contribution in [0, 0.1) is 5.92 Å². The molecule has 0 spiro atoms. The van der Waals surface area contributed by atoms with Crippen molar-refractivity contribution in [2.45, 2.75) is 23.3 Å². The molecule has 1 aliphatic heterocycles. The number of allylic oxidation sites excluding steroid dienone is 2. The van der Waals surface area contributed by atoms with E-state index in [1.54, 1.807) is 25.3 Å². The van der Waals surface area contributed by atoms with Gasteiger partial charge in [-0.05, 0) is 65.9 Å². The second-order valence-electron chi connectivity index (χ2n) is 7.97. The highest BCUT2D eigenvalue weighted by Crippen LogP contribution is 2.50. The van der Waals surface area contributed by atoms with Crippen LogP contribution in [-0.4, -0.2) is 15.5 Å². The first-order valence-electron chi connectivity index (χ1n) is 10.3. The van der Waals surface area contributed by atoms with E-state index in [0.717, 1.165) is 23.4 Å². The summed E-state index contributed by atoms with van der Waals surface area (Å²) >= 11 is 0. The second-order valence-corrected chi connectivity index (χ2v) is 9.65. The van der Waals surface area contributed by atoms with Crippen molar-refractivity contribution in [3.8, 4) is 5.75 Å². The van der Waals surface area contributed by atoms with Crippen LogP contribution < -0.4 is 14.8 Å². The molecule has 158 valence electrons. The summed E-state index contributed by atoms with van der Waals surface area (Å²) in [5.41, 5.74) is 3.76. The minimum Gasteiger partial charge on any atom is -0.497 e. The minimum absolute atomic E-state index is 0.156. The van der Waals surface area contributed by atoms with Crippen molar-refractivity contribution in [2.75, 3.05) is 17.1 Å². The summed E-state index contributed by atoms with van der Waals surface area (Å²) in [6.07, 6.45) is 5.36. The van der Waals surface area contributed by atoms with Gasteiger partial charge in [0, 0.05) is 17.3 Å². The number of methoxy groups -OCH3 is 1. The number of anilines is 2. The topological polar surface area (TPSA) is 67.4 Å². The molecule has 0 fully saturated rings. The van der Waals surface area contributed by atoms with Gasteiger partial charge < -0.3 is 10.1 Å². The Kier molecular flexibility index (Phi) is 4.94. The van der Waals surface area contributed by atoms with Crippen LogP contribution in [-0.2, 0) is 10.0 Å². The molecule has 6 heteroatoms. The van der Waals surface area contributed by atoms with Crippen LogP contribution >= 0.6 is 0 Å². The molecule has 2 aliphatic rings. The van der Waals surface area contributed by atoms with Gasteiger partial charge in [0.1, 0.15) is 5.75 Å². The van der Waals surface area contributed by atoms with Gasteiger partial charge in [0.2, 0.25) is 0 Å². The summed E-state index contributed by atoms with van der Waals surface area (Å²) in [6.45, 7) is 0. The van der Waals surface area contributed by atoms with E-state index in [9.17, 15) is 8.42 Å². The van der Waals surface area contributed by atoms with E-state index < -0.39 is 10.0 Å². The van der Waals surface area contributed by atoms with Crippen molar-refractivity contribution in [2.24, 2.45) is 5.92 Å². The summed E-state index contributed by atoms with van der Waals surface area (Å²) in [4.78, 5) is 0.277. The van der Waals surface area contributed by atoms with Gasteiger partial charge in [-0.25, -0.2) is 8.42 Å². The number of benzene rings is 3. The summed E-state index contributed by atoms with van der Waals surface area (Å²) < 4.78 is 33.9. The zero-order valence-electron chi connectivity index (χ0n) is 17.2. The molecule has 3 atom stereocenters. The number of nitrogens with one attached hydrogen (secondary N) is 2. The molecular weight excluding hydrogens is 408 g/mol. The Labute approximate surface area is 182 Å². The zero-order valence-corrected chi connectivity index (χ0v) is 18.0. The molecule has 5 rings (SSSR count). The first kappa shape index (κ1) is 19.7. The summed E-state index contributed by atoms with van der Waals surface area (Å²) in [5, 5.41) is 3.65. The number of hydrogen-bond acceptors (Lipinski definition) is 4. The van der Waals surface area contributed by atoms with Crippen molar-refractivity contribution >= 4 is 21.4 Å².